The van der Waals surface area contributed by atoms with E-state index in [0.717, 1.165) is 5.56 Å². The highest BCUT2D eigenvalue weighted by Crippen LogP contribution is 2.38. The minimum atomic E-state index is -3.72. The molecule has 0 saturated carbocycles. The molecule has 0 saturated heterocycles. The molecule has 1 heterocycles. The summed E-state index contributed by atoms with van der Waals surface area (Å²) < 4.78 is 41.5. The van der Waals surface area contributed by atoms with Gasteiger partial charge >= 0.3 is 0 Å². The number of anilines is 1. The Labute approximate surface area is 168 Å². The number of nitrogens with one attached hydrogen (secondary N) is 1. The van der Waals surface area contributed by atoms with E-state index in [9.17, 15) is 12.8 Å². The second-order valence-electron chi connectivity index (χ2n) is 6.59. The number of hydrogen-bond acceptors (Lipinski definition) is 3. The molecule has 0 aromatic heterocycles. The van der Waals surface area contributed by atoms with E-state index < -0.39 is 16.2 Å². The Morgan fingerprint density at radius 3 is 2.36 bits per heavy atom. The Hall–Kier alpha value is -2.41. The van der Waals surface area contributed by atoms with E-state index in [2.05, 4.69) is 5.32 Å². The molecule has 1 aliphatic heterocycles. The van der Waals surface area contributed by atoms with Crippen LogP contribution in [0.15, 0.2) is 77.7 Å². The third kappa shape index (κ3) is 3.63. The van der Waals surface area contributed by atoms with Crippen LogP contribution >= 0.6 is 11.6 Å². The van der Waals surface area contributed by atoms with Crippen molar-refractivity contribution in [3.8, 4) is 0 Å². The predicted molar refractivity (Wildman–Crippen MR) is 108 cm³/mol. The average Bonchev–Trinajstić information content (AvgIpc) is 2.69. The zero-order valence-electron chi connectivity index (χ0n) is 14.8. The van der Waals surface area contributed by atoms with Gasteiger partial charge in [-0.05, 0) is 53.9 Å². The molecule has 0 fully saturated rings. The van der Waals surface area contributed by atoms with E-state index in [-0.39, 0.29) is 17.3 Å². The van der Waals surface area contributed by atoms with Gasteiger partial charge in [-0.2, -0.15) is 4.31 Å². The van der Waals surface area contributed by atoms with Crippen LogP contribution in [0, 0.1) is 5.82 Å². The van der Waals surface area contributed by atoms with Crippen molar-refractivity contribution < 1.29 is 12.8 Å². The number of para-hydroxylation sites is 1. The second-order valence-corrected chi connectivity index (χ2v) is 8.88. The average molecular weight is 417 g/mol. The Morgan fingerprint density at radius 2 is 1.64 bits per heavy atom. The highest BCUT2D eigenvalue weighted by molar-refractivity contribution is 7.89. The fourth-order valence-corrected chi connectivity index (χ4v) is 5.15. The van der Waals surface area contributed by atoms with E-state index in [1.807, 2.05) is 12.1 Å². The SMILES string of the molecule is O=S1(=O)c2ccccc2N[C@@H](c2ccc(F)cc2)N1CCc1ccc(Cl)cc1. The molecule has 4 nitrogen and oxygen atoms in total. The van der Waals surface area contributed by atoms with E-state index in [1.165, 1.54) is 16.4 Å². The maximum Gasteiger partial charge on any atom is 0.247 e. The smallest absolute Gasteiger partial charge is 0.247 e. The second kappa shape index (κ2) is 7.54. The first-order valence-electron chi connectivity index (χ1n) is 8.82. The molecule has 144 valence electrons. The number of sulfonamides is 1. The summed E-state index contributed by atoms with van der Waals surface area (Å²) in [5.74, 6) is -0.365. The van der Waals surface area contributed by atoms with Crippen molar-refractivity contribution in [3.05, 3.63) is 94.8 Å². The molecule has 1 atom stereocenters. The van der Waals surface area contributed by atoms with Crippen LogP contribution in [0.2, 0.25) is 5.02 Å². The van der Waals surface area contributed by atoms with Crippen LogP contribution in [0.1, 0.15) is 17.3 Å². The van der Waals surface area contributed by atoms with Crippen LogP contribution in [-0.2, 0) is 16.4 Å². The summed E-state index contributed by atoms with van der Waals surface area (Å²) >= 11 is 5.93. The van der Waals surface area contributed by atoms with Crippen molar-refractivity contribution >= 4 is 27.3 Å². The lowest BCUT2D eigenvalue weighted by Gasteiger charge is -2.37. The summed E-state index contributed by atoms with van der Waals surface area (Å²) in [6.45, 7) is 0.271. The van der Waals surface area contributed by atoms with Crippen LogP contribution in [0.25, 0.3) is 0 Å². The summed E-state index contributed by atoms with van der Waals surface area (Å²) in [5.41, 5.74) is 2.20. The Morgan fingerprint density at radius 1 is 0.964 bits per heavy atom. The van der Waals surface area contributed by atoms with Crippen LogP contribution in [-0.4, -0.2) is 19.3 Å². The van der Waals surface area contributed by atoms with Gasteiger partial charge in [-0.3, -0.25) is 0 Å². The van der Waals surface area contributed by atoms with Crippen LogP contribution in [0.4, 0.5) is 10.1 Å². The Kier molecular flexibility index (Phi) is 5.10. The molecule has 0 spiro atoms. The predicted octanol–water partition coefficient (Wildman–Crippen LogP) is 4.84. The van der Waals surface area contributed by atoms with E-state index >= 15 is 0 Å². The summed E-state index contributed by atoms with van der Waals surface area (Å²) in [5, 5.41) is 3.92. The van der Waals surface area contributed by atoms with Crippen molar-refractivity contribution in [2.75, 3.05) is 11.9 Å². The zero-order chi connectivity index (χ0) is 19.7. The molecular formula is C21H18ClFN2O2S. The number of nitrogens with zero attached hydrogens (tertiary/aromatic N) is 1. The minimum absolute atomic E-state index is 0.240. The van der Waals surface area contributed by atoms with Crippen LogP contribution in [0.5, 0.6) is 0 Å². The zero-order valence-corrected chi connectivity index (χ0v) is 16.4. The summed E-state index contributed by atoms with van der Waals surface area (Å²) in [6, 6.07) is 20.0. The first-order chi connectivity index (χ1) is 13.4. The van der Waals surface area contributed by atoms with E-state index in [0.29, 0.717) is 22.7 Å². The van der Waals surface area contributed by atoms with Crippen molar-refractivity contribution in [3.63, 3.8) is 0 Å². The highest BCUT2D eigenvalue weighted by Gasteiger charge is 2.38. The Bertz CT molecular complexity index is 1090. The fourth-order valence-electron chi connectivity index (χ4n) is 3.33. The van der Waals surface area contributed by atoms with Gasteiger partial charge in [-0.15, -0.1) is 0 Å². The molecule has 0 unspecified atom stereocenters. The van der Waals surface area contributed by atoms with E-state index in [4.69, 9.17) is 11.6 Å². The lowest BCUT2D eigenvalue weighted by molar-refractivity contribution is 0.345. The molecule has 28 heavy (non-hydrogen) atoms. The van der Waals surface area contributed by atoms with Crippen LogP contribution < -0.4 is 5.32 Å². The van der Waals surface area contributed by atoms with Crippen molar-refractivity contribution in [2.24, 2.45) is 0 Å². The monoisotopic (exact) mass is 416 g/mol. The molecule has 0 aliphatic carbocycles. The lowest BCUT2D eigenvalue weighted by Crippen LogP contribution is -2.43. The molecule has 3 aromatic rings. The molecule has 1 aliphatic rings. The van der Waals surface area contributed by atoms with Gasteiger partial charge in [0, 0.05) is 11.6 Å². The Balaban J connectivity index is 1.71. The van der Waals surface area contributed by atoms with Gasteiger partial charge in [0.1, 0.15) is 16.9 Å². The number of halogens is 2. The number of fused-ring (bicyclic) bond motifs is 1. The standard InChI is InChI=1S/C21H18ClFN2O2S/c22-17-9-5-15(6-10-17)13-14-25-21(16-7-11-18(23)12-8-16)24-19-3-1-2-4-20(19)28(25,26)27/h1-12,21,24H,13-14H2/t21-/m1/s1. The van der Waals surface area contributed by atoms with E-state index in [1.54, 1.807) is 48.5 Å². The van der Waals surface area contributed by atoms with Crippen molar-refractivity contribution in [2.45, 2.75) is 17.5 Å². The topological polar surface area (TPSA) is 49.4 Å². The number of rotatable bonds is 4. The maximum atomic E-state index is 13.4. The summed E-state index contributed by atoms with van der Waals surface area (Å²) in [4.78, 5) is 0.240. The first kappa shape index (κ1) is 18.9. The molecular weight excluding hydrogens is 399 g/mol. The maximum absolute atomic E-state index is 13.4. The molecule has 0 amide bonds. The number of hydrogen-bond donors (Lipinski definition) is 1. The number of benzene rings is 3. The molecule has 4 rings (SSSR count). The normalized spacial score (nSPS) is 18.3. The van der Waals surface area contributed by atoms with Gasteiger partial charge in [0.15, 0.2) is 0 Å². The quantitative estimate of drug-likeness (QED) is 0.662. The fraction of sp³-hybridized carbons (Fsp3) is 0.143. The molecule has 1 N–H and O–H groups in total. The third-order valence-corrected chi connectivity index (χ3v) is 6.95. The van der Waals surface area contributed by atoms with Crippen molar-refractivity contribution in [1.29, 1.82) is 0 Å². The summed E-state index contributed by atoms with van der Waals surface area (Å²) in [6.07, 6.45) is -0.0920. The van der Waals surface area contributed by atoms with Gasteiger partial charge in [0.05, 0.1) is 5.69 Å². The third-order valence-electron chi connectivity index (χ3n) is 4.77. The van der Waals surface area contributed by atoms with Crippen molar-refractivity contribution in [1.82, 2.24) is 4.31 Å². The highest BCUT2D eigenvalue weighted by atomic mass is 35.5. The minimum Gasteiger partial charge on any atom is -0.364 e. The molecule has 0 bridgehead atoms. The van der Waals surface area contributed by atoms with Gasteiger partial charge in [-0.25, -0.2) is 12.8 Å². The van der Waals surface area contributed by atoms with Crippen LogP contribution in [0.3, 0.4) is 0 Å². The largest absolute Gasteiger partial charge is 0.364 e. The molecule has 0 radical (unpaired) electrons. The lowest BCUT2D eigenvalue weighted by atomic mass is 10.1. The van der Waals surface area contributed by atoms with Gasteiger partial charge < -0.3 is 5.32 Å². The molecule has 3 aromatic carbocycles. The van der Waals surface area contributed by atoms with Gasteiger partial charge in [0.25, 0.3) is 0 Å². The first-order valence-corrected chi connectivity index (χ1v) is 10.6. The summed E-state index contributed by atoms with van der Waals surface area (Å²) in [7, 11) is -3.72. The van der Waals surface area contributed by atoms with Gasteiger partial charge in [-0.1, -0.05) is 48.0 Å². The molecule has 7 heteroatoms. The van der Waals surface area contributed by atoms with Gasteiger partial charge in [0.2, 0.25) is 10.0 Å².